The molecule has 2 amide bonds. The van der Waals surface area contributed by atoms with E-state index in [0.717, 1.165) is 26.2 Å². The van der Waals surface area contributed by atoms with Crippen LogP contribution in [0.5, 0.6) is 5.75 Å². The third kappa shape index (κ3) is 5.01. The van der Waals surface area contributed by atoms with Crippen LogP contribution in [0, 0.1) is 11.8 Å². The topological polar surface area (TPSA) is 53.1 Å². The van der Waals surface area contributed by atoms with Crippen LogP contribution in [0.3, 0.4) is 0 Å². The molecule has 1 aromatic carbocycles. The first-order valence-corrected chi connectivity index (χ1v) is 9.89. The van der Waals surface area contributed by atoms with Crippen molar-refractivity contribution >= 4 is 11.8 Å². The zero-order valence-corrected chi connectivity index (χ0v) is 16.7. The number of hydrogen-bond donors (Lipinski definition) is 0. The summed E-state index contributed by atoms with van der Waals surface area (Å²) in [5.74, 6) is 2.10. The lowest BCUT2D eigenvalue weighted by molar-refractivity contribution is -0.135. The molecule has 27 heavy (non-hydrogen) atoms. The maximum Gasteiger partial charge on any atom is 0.254 e. The Morgan fingerprint density at radius 2 is 1.70 bits per heavy atom. The number of hydrogen-bond acceptors (Lipinski definition) is 4. The second-order valence-corrected chi connectivity index (χ2v) is 8.05. The second-order valence-electron chi connectivity index (χ2n) is 8.05. The smallest absolute Gasteiger partial charge is 0.254 e. The number of rotatable bonds is 4. The number of methoxy groups -OCH3 is 1. The summed E-state index contributed by atoms with van der Waals surface area (Å²) in [5, 5.41) is 0. The van der Waals surface area contributed by atoms with Gasteiger partial charge in [-0.1, -0.05) is 19.9 Å². The average molecular weight is 373 g/mol. The summed E-state index contributed by atoms with van der Waals surface area (Å²) in [6, 6.07) is 7.26. The first-order chi connectivity index (χ1) is 13.0. The van der Waals surface area contributed by atoms with Gasteiger partial charge < -0.3 is 14.5 Å². The van der Waals surface area contributed by atoms with Gasteiger partial charge in [-0.3, -0.25) is 14.5 Å². The van der Waals surface area contributed by atoms with Crippen LogP contribution in [-0.2, 0) is 4.79 Å². The fourth-order valence-corrected chi connectivity index (χ4v) is 4.21. The van der Waals surface area contributed by atoms with E-state index in [1.807, 2.05) is 28.0 Å². The van der Waals surface area contributed by atoms with E-state index in [1.54, 1.807) is 13.2 Å². The van der Waals surface area contributed by atoms with Gasteiger partial charge in [0.15, 0.2) is 0 Å². The van der Waals surface area contributed by atoms with Crippen LogP contribution in [-0.4, -0.2) is 79.4 Å². The molecule has 0 aliphatic carbocycles. The molecule has 2 atom stereocenters. The summed E-state index contributed by atoms with van der Waals surface area (Å²) in [5.41, 5.74) is 0.648. The quantitative estimate of drug-likeness (QED) is 0.810. The molecule has 2 aliphatic rings. The van der Waals surface area contributed by atoms with Gasteiger partial charge >= 0.3 is 0 Å². The highest BCUT2D eigenvalue weighted by Gasteiger charge is 2.28. The van der Waals surface area contributed by atoms with Crippen molar-refractivity contribution < 1.29 is 14.3 Å². The number of benzene rings is 1. The van der Waals surface area contributed by atoms with Crippen molar-refractivity contribution in [2.45, 2.75) is 20.3 Å². The Kier molecular flexibility index (Phi) is 6.37. The molecule has 148 valence electrons. The number of ether oxygens (including phenoxy) is 1. The molecule has 6 nitrogen and oxygen atoms in total. The van der Waals surface area contributed by atoms with E-state index in [1.165, 1.54) is 6.42 Å². The lowest BCUT2D eigenvalue weighted by Crippen LogP contribution is -2.53. The number of nitrogens with zero attached hydrogens (tertiary/aromatic N) is 3. The summed E-state index contributed by atoms with van der Waals surface area (Å²) < 4.78 is 5.20. The minimum atomic E-state index is 0.0264. The molecule has 0 aromatic heterocycles. The molecule has 1 aromatic rings. The van der Waals surface area contributed by atoms with Gasteiger partial charge in [0.05, 0.1) is 13.7 Å². The molecule has 2 aliphatic heterocycles. The van der Waals surface area contributed by atoms with Gasteiger partial charge in [-0.2, -0.15) is 0 Å². The molecule has 0 unspecified atom stereocenters. The van der Waals surface area contributed by atoms with Crippen molar-refractivity contribution in [1.82, 2.24) is 14.7 Å². The molecule has 2 heterocycles. The van der Waals surface area contributed by atoms with Crippen LogP contribution in [0.2, 0.25) is 0 Å². The maximum absolute atomic E-state index is 12.7. The number of piperazine rings is 1. The Balaban J connectivity index is 1.49. The molecule has 0 radical (unpaired) electrons. The van der Waals surface area contributed by atoms with Gasteiger partial charge in [0, 0.05) is 44.8 Å². The molecule has 0 N–H and O–H groups in total. The molecule has 3 rings (SSSR count). The first kappa shape index (κ1) is 19.7. The summed E-state index contributed by atoms with van der Waals surface area (Å²) >= 11 is 0. The molecular formula is C21H31N3O3. The Morgan fingerprint density at radius 1 is 1.04 bits per heavy atom. The van der Waals surface area contributed by atoms with E-state index in [0.29, 0.717) is 42.8 Å². The number of carbonyl (C=O) groups is 2. The van der Waals surface area contributed by atoms with Gasteiger partial charge in [-0.05, 0) is 36.5 Å². The minimum Gasteiger partial charge on any atom is -0.497 e. The summed E-state index contributed by atoms with van der Waals surface area (Å²) in [4.78, 5) is 31.4. The van der Waals surface area contributed by atoms with Crippen molar-refractivity contribution in [3.05, 3.63) is 29.8 Å². The molecule has 0 spiro atoms. The van der Waals surface area contributed by atoms with Gasteiger partial charge in [0.25, 0.3) is 5.91 Å². The van der Waals surface area contributed by atoms with Gasteiger partial charge in [-0.15, -0.1) is 0 Å². The minimum absolute atomic E-state index is 0.0264. The van der Waals surface area contributed by atoms with E-state index in [9.17, 15) is 9.59 Å². The molecule has 0 bridgehead atoms. The van der Waals surface area contributed by atoms with Crippen LogP contribution < -0.4 is 4.74 Å². The van der Waals surface area contributed by atoms with Gasteiger partial charge in [0.2, 0.25) is 5.91 Å². The summed E-state index contributed by atoms with van der Waals surface area (Å²) in [6.45, 7) is 9.42. The number of likely N-dealkylation sites (tertiary alicyclic amines) is 1. The zero-order chi connectivity index (χ0) is 19.4. The summed E-state index contributed by atoms with van der Waals surface area (Å²) in [6.07, 6.45) is 1.20. The predicted octanol–water partition coefficient (Wildman–Crippen LogP) is 1.96. The summed E-state index contributed by atoms with van der Waals surface area (Å²) in [7, 11) is 1.60. The van der Waals surface area contributed by atoms with Crippen LogP contribution in [0.15, 0.2) is 24.3 Å². The molecule has 2 saturated heterocycles. The lowest BCUT2D eigenvalue weighted by atomic mass is 9.92. The molecule has 6 heteroatoms. The fraction of sp³-hybridized carbons (Fsp3) is 0.619. The van der Waals surface area contributed by atoms with E-state index < -0.39 is 0 Å². The van der Waals surface area contributed by atoms with Gasteiger partial charge in [-0.25, -0.2) is 0 Å². The van der Waals surface area contributed by atoms with Crippen molar-refractivity contribution in [2.75, 3.05) is 52.9 Å². The Hall–Kier alpha value is -2.08. The van der Waals surface area contributed by atoms with E-state index in [4.69, 9.17) is 4.74 Å². The van der Waals surface area contributed by atoms with E-state index in [-0.39, 0.29) is 11.8 Å². The Labute approximate surface area is 162 Å². The van der Waals surface area contributed by atoms with Crippen molar-refractivity contribution in [1.29, 1.82) is 0 Å². The highest BCUT2D eigenvalue weighted by Crippen LogP contribution is 2.21. The van der Waals surface area contributed by atoms with Crippen LogP contribution in [0.25, 0.3) is 0 Å². The van der Waals surface area contributed by atoms with Crippen molar-refractivity contribution in [3.63, 3.8) is 0 Å². The largest absolute Gasteiger partial charge is 0.497 e. The lowest BCUT2D eigenvalue weighted by Gasteiger charge is -2.38. The van der Waals surface area contributed by atoms with Crippen molar-refractivity contribution in [2.24, 2.45) is 11.8 Å². The van der Waals surface area contributed by atoms with E-state index in [2.05, 4.69) is 18.7 Å². The first-order valence-electron chi connectivity index (χ1n) is 9.89. The molecular weight excluding hydrogens is 342 g/mol. The molecule has 2 fully saturated rings. The molecule has 0 saturated carbocycles. The van der Waals surface area contributed by atoms with Crippen molar-refractivity contribution in [3.8, 4) is 5.75 Å². The average Bonchev–Trinajstić information content (AvgIpc) is 2.67. The zero-order valence-electron chi connectivity index (χ0n) is 16.7. The monoisotopic (exact) mass is 373 g/mol. The van der Waals surface area contributed by atoms with Gasteiger partial charge in [0.1, 0.15) is 5.75 Å². The van der Waals surface area contributed by atoms with Crippen LogP contribution >= 0.6 is 0 Å². The number of piperidine rings is 1. The fourth-order valence-electron chi connectivity index (χ4n) is 4.21. The Bertz CT molecular complexity index is 660. The number of amides is 2. The standard InChI is InChI=1S/C21H31N3O3/c1-16-11-17(2)14-24(13-16)20(25)15-22-7-9-23(10-8-22)21(26)18-5-4-6-19(12-18)27-3/h4-6,12,16-17H,7-11,13-15H2,1-3H3/t16-,17-/m1/s1. The SMILES string of the molecule is COc1cccc(C(=O)N2CCN(CC(=O)N3C[C@H](C)C[C@@H](C)C3)CC2)c1. The predicted molar refractivity (Wildman–Crippen MR) is 105 cm³/mol. The normalized spacial score (nSPS) is 24.0. The second kappa shape index (κ2) is 8.74. The number of carbonyl (C=O) groups excluding carboxylic acids is 2. The highest BCUT2D eigenvalue weighted by atomic mass is 16.5. The highest BCUT2D eigenvalue weighted by molar-refractivity contribution is 5.94. The van der Waals surface area contributed by atoms with Crippen LogP contribution in [0.1, 0.15) is 30.6 Å². The third-order valence-electron chi connectivity index (χ3n) is 5.56. The van der Waals surface area contributed by atoms with E-state index >= 15 is 0 Å². The maximum atomic E-state index is 12.7. The van der Waals surface area contributed by atoms with Crippen LogP contribution in [0.4, 0.5) is 0 Å². The Morgan fingerprint density at radius 3 is 2.33 bits per heavy atom. The third-order valence-corrected chi connectivity index (χ3v) is 5.56.